The van der Waals surface area contributed by atoms with Crippen LogP contribution in [0.25, 0.3) is 10.9 Å². The summed E-state index contributed by atoms with van der Waals surface area (Å²) >= 11 is 17.2. The average Bonchev–Trinajstić information content (AvgIpc) is 3.43. The van der Waals surface area contributed by atoms with Crippen LogP contribution >= 0.6 is 34.8 Å². The van der Waals surface area contributed by atoms with Gasteiger partial charge in [0.25, 0.3) is 19.7 Å². The number of carbonyl (C=O) groups is 2. The molecule has 1 N–H and O–H groups in total. The number of ether oxygens (including phenoxy) is 2. The zero-order valence-electron chi connectivity index (χ0n) is 26.2. The number of amides is 2. The molecule has 1 fully saturated rings. The van der Waals surface area contributed by atoms with E-state index in [0.717, 1.165) is 16.1 Å². The molecule has 0 atom stereocenters. The molecule has 18 heteroatoms. The Morgan fingerprint density at radius 1 is 1.02 bits per heavy atom. The van der Waals surface area contributed by atoms with Gasteiger partial charge in [0.2, 0.25) is 5.91 Å². The van der Waals surface area contributed by atoms with Crippen LogP contribution in [0, 0.1) is 0 Å². The van der Waals surface area contributed by atoms with Crippen molar-refractivity contribution in [2.24, 2.45) is 0 Å². The van der Waals surface area contributed by atoms with Crippen molar-refractivity contribution in [1.82, 2.24) is 14.2 Å². The number of piperazine rings is 1. The summed E-state index contributed by atoms with van der Waals surface area (Å²) in [6.45, 7) is 3.63. The van der Waals surface area contributed by atoms with Gasteiger partial charge in [-0.15, -0.1) is 0 Å². The minimum Gasteiger partial charge on any atom is -0.497 e. The molecule has 1 aromatic heterocycles. The third-order valence-electron chi connectivity index (χ3n) is 7.86. The maximum Gasteiger partial charge on any atom is 0.340 e. The number of nitrogens with one attached hydrogen (secondary N) is 1. The quantitative estimate of drug-likeness (QED) is 0.200. The van der Waals surface area contributed by atoms with E-state index in [-0.39, 0.29) is 55.0 Å². The minimum atomic E-state index is -4.48. The monoisotopic (exact) mass is 758 g/mol. The van der Waals surface area contributed by atoms with Gasteiger partial charge in [0.05, 0.1) is 23.2 Å². The first-order valence-electron chi connectivity index (χ1n) is 14.4. The summed E-state index contributed by atoms with van der Waals surface area (Å²) in [6, 6.07) is 8.25. The Bertz CT molecular complexity index is 1790. The van der Waals surface area contributed by atoms with Gasteiger partial charge in [0.15, 0.2) is 6.61 Å². The smallest absolute Gasteiger partial charge is 0.340 e. The summed E-state index contributed by atoms with van der Waals surface area (Å²) in [5.74, 6) is -5.36. The summed E-state index contributed by atoms with van der Waals surface area (Å²) in [6.07, 6.45) is -2.56. The van der Waals surface area contributed by atoms with Crippen LogP contribution in [0.1, 0.15) is 26.3 Å². The summed E-state index contributed by atoms with van der Waals surface area (Å²) in [5, 5.41) is 3.30. The van der Waals surface area contributed by atoms with Crippen LogP contribution in [-0.2, 0) is 25.0 Å². The predicted octanol–water partition coefficient (Wildman–Crippen LogP) is 5.60. The van der Waals surface area contributed by atoms with Gasteiger partial charge < -0.3 is 24.6 Å². The molecule has 1 saturated heterocycles. The molecule has 0 spiro atoms. The SMILES string of the molecule is COc1ccc2c(c1)c(C(C)(C)CNC(C)=O)cn2S(=O)(=O)c1ccc(OCC(F)(F)C(F)F)c(N2CCN(C(=O)C(Cl)(Cl)Cl)CC2)c1. The molecule has 2 amide bonds. The van der Waals surface area contributed by atoms with Crippen molar-refractivity contribution in [1.29, 1.82) is 0 Å². The van der Waals surface area contributed by atoms with E-state index in [2.05, 4.69) is 5.32 Å². The minimum absolute atomic E-state index is 0.00599. The van der Waals surface area contributed by atoms with Crippen molar-refractivity contribution in [3.05, 3.63) is 48.2 Å². The number of fused-ring (bicyclic) bond motifs is 1. The van der Waals surface area contributed by atoms with E-state index in [0.29, 0.717) is 22.2 Å². The van der Waals surface area contributed by atoms with Crippen molar-refractivity contribution >= 4 is 73.2 Å². The summed E-state index contributed by atoms with van der Waals surface area (Å²) in [7, 11) is -2.95. The number of alkyl halides is 7. The molecule has 1 aliphatic heterocycles. The molecule has 1 aliphatic rings. The Balaban J connectivity index is 1.80. The van der Waals surface area contributed by atoms with Crippen LogP contribution in [-0.4, -0.2) is 91.7 Å². The molecular weight excluding hydrogens is 727 g/mol. The fourth-order valence-electron chi connectivity index (χ4n) is 5.19. The van der Waals surface area contributed by atoms with Gasteiger partial charge in [0.1, 0.15) is 11.5 Å². The highest BCUT2D eigenvalue weighted by atomic mass is 35.6. The summed E-state index contributed by atoms with van der Waals surface area (Å²) < 4.78 is 91.5. The topological polar surface area (TPSA) is 110 Å². The number of halogens is 7. The largest absolute Gasteiger partial charge is 0.497 e. The second-order valence-corrected chi connectivity index (χ2v) is 15.9. The standard InChI is InChI=1S/C30H33Cl3F4N4O6S/c1-18(42)38-16-28(2,3)22-15-41(23-7-5-19(46-4)13-21(22)23)48(44,45)20-6-8-25(47-17-29(36,37)26(34)35)24(14-20)39-9-11-40(12-10-39)27(43)30(31,32)33/h5-8,13-15,26H,9-12,16-17H2,1-4H3,(H,38,42). The zero-order valence-corrected chi connectivity index (χ0v) is 29.3. The Kier molecular flexibility index (Phi) is 11.0. The first kappa shape index (κ1) is 37.7. The maximum absolute atomic E-state index is 14.3. The van der Waals surface area contributed by atoms with Crippen molar-refractivity contribution in [2.45, 2.75) is 47.2 Å². The third kappa shape index (κ3) is 8.01. The van der Waals surface area contributed by atoms with E-state index in [9.17, 15) is 35.6 Å². The van der Waals surface area contributed by atoms with E-state index in [4.69, 9.17) is 44.3 Å². The van der Waals surface area contributed by atoms with E-state index in [1.54, 1.807) is 23.1 Å². The third-order valence-corrected chi connectivity index (χ3v) is 10.0. The Morgan fingerprint density at radius 3 is 2.23 bits per heavy atom. The lowest BCUT2D eigenvalue weighted by molar-refractivity contribution is -0.148. The molecule has 3 aromatic rings. The molecule has 2 aromatic carbocycles. The first-order valence-corrected chi connectivity index (χ1v) is 17.0. The highest BCUT2D eigenvalue weighted by molar-refractivity contribution is 7.90. The lowest BCUT2D eigenvalue weighted by atomic mass is 9.84. The van der Waals surface area contributed by atoms with E-state index >= 15 is 0 Å². The van der Waals surface area contributed by atoms with Crippen LogP contribution in [0.5, 0.6) is 11.5 Å². The van der Waals surface area contributed by atoms with Crippen molar-refractivity contribution < 1.29 is 45.0 Å². The van der Waals surface area contributed by atoms with E-state index in [1.165, 1.54) is 31.2 Å². The number of nitrogens with zero attached hydrogens (tertiary/aromatic N) is 3. The van der Waals surface area contributed by atoms with E-state index < -0.39 is 44.1 Å². The van der Waals surface area contributed by atoms with Gasteiger partial charge in [-0.25, -0.2) is 21.2 Å². The second kappa shape index (κ2) is 14.0. The maximum atomic E-state index is 14.3. The lowest BCUT2D eigenvalue weighted by Crippen LogP contribution is -2.51. The van der Waals surface area contributed by atoms with Gasteiger partial charge in [-0.3, -0.25) is 9.59 Å². The van der Waals surface area contributed by atoms with Gasteiger partial charge in [-0.05, 0) is 42.0 Å². The highest BCUT2D eigenvalue weighted by Gasteiger charge is 2.42. The number of methoxy groups -OCH3 is 1. The van der Waals surface area contributed by atoms with Gasteiger partial charge in [0, 0.05) is 56.6 Å². The summed E-state index contributed by atoms with van der Waals surface area (Å²) in [5.41, 5.74) is 0.128. The van der Waals surface area contributed by atoms with Gasteiger partial charge >= 0.3 is 12.3 Å². The van der Waals surface area contributed by atoms with Gasteiger partial charge in [-0.1, -0.05) is 48.7 Å². The molecule has 4 rings (SSSR count). The number of rotatable bonds is 11. The second-order valence-electron chi connectivity index (χ2n) is 11.8. The molecule has 264 valence electrons. The molecule has 2 heterocycles. The van der Waals surface area contributed by atoms with Crippen LogP contribution in [0.15, 0.2) is 47.5 Å². The van der Waals surface area contributed by atoms with Crippen molar-refractivity contribution in [2.75, 3.05) is 51.3 Å². The van der Waals surface area contributed by atoms with Crippen LogP contribution < -0.4 is 19.7 Å². The van der Waals surface area contributed by atoms with Crippen molar-refractivity contribution in [3.8, 4) is 11.5 Å². The normalized spacial score (nSPS) is 14.8. The van der Waals surface area contributed by atoms with Crippen molar-refractivity contribution in [3.63, 3.8) is 0 Å². The van der Waals surface area contributed by atoms with Crippen LogP contribution in [0.3, 0.4) is 0 Å². The number of hydrogen-bond acceptors (Lipinski definition) is 7. The Morgan fingerprint density at radius 2 is 1.67 bits per heavy atom. The predicted molar refractivity (Wildman–Crippen MR) is 175 cm³/mol. The molecule has 0 aliphatic carbocycles. The molecule has 10 nitrogen and oxygen atoms in total. The molecule has 0 unspecified atom stereocenters. The number of carbonyl (C=O) groups excluding carboxylic acids is 2. The average molecular weight is 760 g/mol. The zero-order chi connectivity index (χ0) is 35.8. The Labute approximate surface area is 289 Å². The van der Waals surface area contributed by atoms with Gasteiger partial charge in [-0.2, -0.15) is 8.78 Å². The van der Waals surface area contributed by atoms with Crippen LogP contribution in [0.2, 0.25) is 0 Å². The lowest BCUT2D eigenvalue weighted by Gasteiger charge is -2.38. The number of hydrogen-bond donors (Lipinski definition) is 1. The Hall–Kier alpha value is -3.14. The number of benzene rings is 2. The number of aromatic nitrogens is 1. The number of anilines is 1. The van der Waals surface area contributed by atoms with E-state index in [1.807, 2.05) is 13.8 Å². The fourth-order valence-corrected chi connectivity index (χ4v) is 6.94. The molecule has 0 saturated carbocycles. The fraction of sp³-hybridized carbons (Fsp3) is 0.467. The molecule has 48 heavy (non-hydrogen) atoms. The highest BCUT2D eigenvalue weighted by Crippen LogP contribution is 2.39. The molecule has 0 radical (unpaired) electrons. The molecular formula is C30H33Cl3F4N4O6S. The molecule has 0 bridgehead atoms. The first-order chi connectivity index (χ1) is 22.2. The summed E-state index contributed by atoms with van der Waals surface area (Å²) in [4.78, 5) is 26.7. The van der Waals surface area contributed by atoms with Crippen LogP contribution in [0.4, 0.5) is 23.2 Å².